The normalized spacial score (nSPS) is 15.9. The number of benzene rings is 2. The highest BCUT2D eigenvalue weighted by Gasteiger charge is 2.30. The van der Waals surface area contributed by atoms with Gasteiger partial charge in [0.2, 0.25) is 15.9 Å². The van der Waals surface area contributed by atoms with Gasteiger partial charge < -0.3 is 10.2 Å². The zero-order valence-corrected chi connectivity index (χ0v) is 20.3. The van der Waals surface area contributed by atoms with Crippen LogP contribution in [0.2, 0.25) is 0 Å². The zero-order chi connectivity index (χ0) is 24.0. The van der Waals surface area contributed by atoms with Crippen molar-refractivity contribution in [3.63, 3.8) is 0 Å². The summed E-state index contributed by atoms with van der Waals surface area (Å²) in [6.07, 6.45) is 6.37. The number of pyridine rings is 1. The third-order valence-corrected chi connectivity index (χ3v) is 7.87. The van der Waals surface area contributed by atoms with Crippen molar-refractivity contribution in [3.05, 3.63) is 67.0 Å². The van der Waals surface area contributed by atoms with Crippen molar-refractivity contribution in [3.8, 4) is 0 Å². The second kappa shape index (κ2) is 11.0. The van der Waals surface area contributed by atoms with Gasteiger partial charge in [0.15, 0.2) is 0 Å². The second-order valence-electron chi connectivity index (χ2n) is 9.00. The SMILES string of the molecule is CC1CCN(C(=O)[C@H](CCCNc2ccncc2)NS(=O)(=O)c2ccc3ccccc3c2)CC1. The topological polar surface area (TPSA) is 91.4 Å². The van der Waals surface area contributed by atoms with Crippen LogP contribution in [0.25, 0.3) is 10.8 Å². The van der Waals surface area contributed by atoms with Crippen LogP contribution in [0.3, 0.4) is 0 Å². The summed E-state index contributed by atoms with van der Waals surface area (Å²) in [6, 6.07) is 15.6. The predicted molar refractivity (Wildman–Crippen MR) is 135 cm³/mol. The third kappa shape index (κ3) is 6.12. The van der Waals surface area contributed by atoms with Crippen LogP contribution in [0, 0.1) is 5.92 Å². The van der Waals surface area contributed by atoms with Crippen molar-refractivity contribution in [1.82, 2.24) is 14.6 Å². The van der Waals surface area contributed by atoms with Crippen molar-refractivity contribution >= 4 is 32.4 Å². The average molecular weight is 481 g/mol. The minimum Gasteiger partial charge on any atom is -0.385 e. The maximum Gasteiger partial charge on any atom is 0.241 e. The first-order chi connectivity index (χ1) is 16.4. The number of sulfonamides is 1. The largest absolute Gasteiger partial charge is 0.385 e. The fraction of sp³-hybridized carbons (Fsp3) is 0.385. The van der Waals surface area contributed by atoms with E-state index in [-0.39, 0.29) is 10.8 Å². The number of likely N-dealkylation sites (tertiary alicyclic amines) is 1. The van der Waals surface area contributed by atoms with Gasteiger partial charge in [0, 0.05) is 37.7 Å². The molecule has 2 aromatic carbocycles. The first kappa shape index (κ1) is 24.2. The number of hydrogen-bond donors (Lipinski definition) is 2. The maximum absolute atomic E-state index is 13.4. The van der Waals surface area contributed by atoms with E-state index in [2.05, 4.69) is 21.9 Å². The molecule has 0 bridgehead atoms. The molecule has 1 aliphatic heterocycles. The van der Waals surface area contributed by atoms with E-state index in [0.717, 1.165) is 29.3 Å². The van der Waals surface area contributed by atoms with Gasteiger partial charge in [-0.25, -0.2) is 8.42 Å². The molecule has 1 amide bonds. The Morgan fingerprint density at radius 3 is 2.50 bits per heavy atom. The third-order valence-electron chi connectivity index (χ3n) is 6.40. The van der Waals surface area contributed by atoms with Gasteiger partial charge in [0.1, 0.15) is 6.04 Å². The Bertz CT molecular complexity index is 1210. The molecule has 2 N–H and O–H groups in total. The van der Waals surface area contributed by atoms with E-state index in [0.29, 0.717) is 38.4 Å². The van der Waals surface area contributed by atoms with Gasteiger partial charge in [0.05, 0.1) is 4.90 Å². The van der Waals surface area contributed by atoms with E-state index in [1.54, 1.807) is 30.6 Å². The molecule has 0 aliphatic carbocycles. The molecule has 0 unspecified atom stereocenters. The first-order valence-electron chi connectivity index (χ1n) is 11.9. The lowest BCUT2D eigenvalue weighted by atomic mass is 9.98. The van der Waals surface area contributed by atoms with E-state index < -0.39 is 16.1 Å². The predicted octanol–water partition coefficient (Wildman–Crippen LogP) is 4.03. The summed E-state index contributed by atoms with van der Waals surface area (Å²) in [5, 5.41) is 5.11. The molecule has 7 nitrogen and oxygen atoms in total. The van der Waals surface area contributed by atoms with Crippen LogP contribution in [-0.4, -0.2) is 49.9 Å². The molecule has 0 spiro atoms. The molecule has 1 aliphatic rings. The number of fused-ring (bicyclic) bond motifs is 1. The highest BCUT2D eigenvalue weighted by molar-refractivity contribution is 7.89. The van der Waals surface area contributed by atoms with Crippen molar-refractivity contribution in [2.24, 2.45) is 5.92 Å². The molecule has 4 rings (SSSR count). The average Bonchev–Trinajstić information content (AvgIpc) is 2.86. The number of anilines is 1. The Morgan fingerprint density at radius 1 is 1.06 bits per heavy atom. The van der Waals surface area contributed by atoms with E-state index in [4.69, 9.17) is 0 Å². The van der Waals surface area contributed by atoms with E-state index in [1.165, 1.54) is 0 Å². The summed E-state index contributed by atoms with van der Waals surface area (Å²) >= 11 is 0. The fourth-order valence-electron chi connectivity index (χ4n) is 4.28. The molecule has 1 atom stereocenters. The fourth-order valence-corrected chi connectivity index (χ4v) is 5.54. The number of piperidine rings is 1. The van der Waals surface area contributed by atoms with Gasteiger partial charge in [-0.3, -0.25) is 9.78 Å². The number of amides is 1. The summed E-state index contributed by atoms with van der Waals surface area (Å²) in [6.45, 7) is 4.15. The Labute approximate surface area is 201 Å². The van der Waals surface area contributed by atoms with Gasteiger partial charge in [-0.2, -0.15) is 4.72 Å². The molecule has 1 saturated heterocycles. The number of aromatic nitrogens is 1. The monoisotopic (exact) mass is 480 g/mol. The van der Waals surface area contributed by atoms with Crippen LogP contribution in [0.5, 0.6) is 0 Å². The molecule has 3 aromatic rings. The lowest BCUT2D eigenvalue weighted by Gasteiger charge is -2.33. The van der Waals surface area contributed by atoms with E-state index in [9.17, 15) is 13.2 Å². The molecule has 2 heterocycles. The second-order valence-corrected chi connectivity index (χ2v) is 10.7. The minimum absolute atomic E-state index is 0.139. The highest BCUT2D eigenvalue weighted by atomic mass is 32.2. The van der Waals surface area contributed by atoms with Crippen molar-refractivity contribution in [2.75, 3.05) is 25.0 Å². The smallest absolute Gasteiger partial charge is 0.241 e. The van der Waals surface area contributed by atoms with E-state index >= 15 is 0 Å². The Balaban J connectivity index is 1.47. The summed E-state index contributed by atoms with van der Waals surface area (Å²) in [5.41, 5.74) is 0.944. The maximum atomic E-state index is 13.4. The van der Waals surface area contributed by atoms with Crippen LogP contribution in [0.4, 0.5) is 5.69 Å². The van der Waals surface area contributed by atoms with Crippen LogP contribution < -0.4 is 10.0 Å². The first-order valence-corrected chi connectivity index (χ1v) is 13.3. The molecule has 34 heavy (non-hydrogen) atoms. The Kier molecular flexibility index (Phi) is 7.80. The van der Waals surface area contributed by atoms with Crippen molar-refractivity contribution in [1.29, 1.82) is 0 Å². The molecule has 8 heteroatoms. The van der Waals surface area contributed by atoms with Gasteiger partial charge in [-0.05, 0) is 66.6 Å². The molecule has 0 saturated carbocycles. The lowest BCUT2D eigenvalue weighted by molar-refractivity contribution is -0.134. The molecular weight excluding hydrogens is 448 g/mol. The molecule has 0 radical (unpaired) electrons. The molecular formula is C26H32N4O3S. The van der Waals surface area contributed by atoms with Crippen LogP contribution in [0.15, 0.2) is 71.9 Å². The van der Waals surface area contributed by atoms with Crippen LogP contribution in [0.1, 0.15) is 32.6 Å². The number of carbonyl (C=O) groups is 1. The highest BCUT2D eigenvalue weighted by Crippen LogP contribution is 2.21. The van der Waals surface area contributed by atoms with Gasteiger partial charge in [-0.15, -0.1) is 0 Å². The van der Waals surface area contributed by atoms with Crippen molar-refractivity contribution < 1.29 is 13.2 Å². The number of nitrogens with zero attached hydrogens (tertiary/aromatic N) is 2. The molecule has 180 valence electrons. The van der Waals surface area contributed by atoms with Gasteiger partial charge >= 0.3 is 0 Å². The summed E-state index contributed by atoms with van der Waals surface area (Å²) in [4.78, 5) is 19.3. The van der Waals surface area contributed by atoms with Crippen LogP contribution in [-0.2, 0) is 14.8 Å². The minimum atomic E-state index is -3.86. The molecule has 1 fully saturated rings. The Hall–Kier alpha value is -2.97. The number of nitrogens with one attached hydrogen (secondary N) is 2. The summed E-state index contributed by atoms with van der Waals surface area (Å²) in [5.74, 6) is 0.446. The standard InChI is InChI=1S/C26H32N4O3S/c1-20-12-17-30(18-13-20)26(31)25(7-4-14-28-23-10-15-27-16-11-23)29-34(32,33)24-9-8-21-5-2-3-6-22(21)19-24/h2-3,5-6,8-11,15-16,19-20,25,29H,4,7,12-14,17-18H2,1H3,(H,27,28)/t25-/m0/s1. The number of rotatable bonds is 9. The zero-order valence-electron chi connectivity index (χ0n) is 19.5. The number of carbonyl (C=O) groups excluding carboxylic acids is 1. The molecule has 1 aromatic heterocycles. The lowest BCUT2D eigenvalue weighted by Crippen LogP contribution is -2.50. The van der Waals surface area contributed by atoms with Gasteiger partial charge in [0.25, 0.3) is 0 Å². The summed E-state index contributed by atoms with van der Waals surface area (Å²) in [7, 11) is -3.86. The Morgan fingerprint density at radius 2 is 1.76 bits per heavy atom. The number of hydrogen-bond acceptors (Lipinski definition) is 5. The van der Waals surface area contributed by atoms with Crippen LogP contribution >= 0.6 is 0 Å². The summed E-state index contributed by atoms with van der Waals surface area (Å²) < 4.78 is 29.3. The quantitative estimate of drug-likeness (QED) is 0.451. The van der Waals surface area contributed by atoms with E-state index in [1.807, 2.05) is 41.3 Å². The van der Waals surface area contributed by atoms with Crippen molar-refractivity contribution in [2.45, 2.75) is 43.5 Å². The van der Waals surface area contributed by atoms with Gasteiger partial charge in [-0.1, -0.05) is 37.3 Å².